The van der Waals surface area contributed by atoms with Gasteiger partial charge in [0.05, 0.1) is 49.5 Å². The molecule has 4 saturated carbocycles. The molecule has 466 valence electrons. The van der Waals surface area contributed by atoms with E-state index < -0.39 is 200 Å². The predicted molar refractivity (Wildman–Crippen MR) is 278 cm³/mol. The maximum Gasteiger partial charge on any atom is 0.335 e. The van der Waals surface area contributed by atoms with E-state index in [1.54, 1.807) is 26.8 Å². The number of esters is 1. The first-order chi connectivity index (χ1) is 38.4. The molecule has 4 saturated heterocycles. The molecule has 9 aliphatic rings. The van der Waals surface area contributed by atoms with Crippen LogP contribution in [0.25, 0.3) is 0 Å². The number of aliphatic hydroxyl groups excluding tert-OH is 12. The average Bonchev–Trinajstić information content (AvgIpc) is 0.800. The quantitative estimate of drug-likeness (QED) is 0.0308. The van der Waals surface area contributed by atoms with Gasteiger partial charge in [0, 0.05) is 5.57 Å². The Kier molecular flexibility index (Phi) is 18.2. The number of hydrogen-bond acceptors (Lipinski definition) is 24. The van der Waals surface area contributed by atoms with Gasteiger partial charge in [0.2, 0.25) is 0 Å². The number of rotatable bonds is 14. The normalized spacial score (nSPS) is 52.2. The number of allylic oxidation sites excluding steroid dienone is 3. The van der Waals surface area contributed by atoms with E-state index in [1.165, 1.54) is 0 Å². The molecule has 5 aliphatic carbocycles. The number of carboxylic acid groups (broad SMARTS) is 1. The lowest BCUT2D eigenvalue weighted by Crippen LogP contribution is -2.70. The second-order valence-electron chi connectivity index (χ2n) is 26.7. The van der Waals surface area contributed by atoms with Crippen molar-refractivity contribution in [1.29, 1.82) is 0 Å². The molecule has 4 aliphatic heterocycles. The molecule has 0 bridgehead atoms. The predicted octanol–water partition coefficient (Wildman–Crippen LogP) is -1.55. The maximum atomic E-state index is 14.1. The van der Waals surface area contributed by atoms with E-state index >= 15 is 0 Å². The summed E-state index contributed by atoms with van der Waals surface area (Å²) in [7, 11) is 0. The highest BCUT2D eigenvalue weighted by atomic mass is 16.8. The van der Waals surface area contributed by atoms with Crippen LogP contribution in [0.15, 0.2) is 23.3 Å². The fraction of sp³-hybridized carbons (Fsp3) is 0.877. The smallest absolute Gasteiger partial charge is 0.335 e. The monoisotopic (exact) mass is 1170 g/mol. The van der Waals surface area contributed by atoms with Gasteiger partial charge in [0.1, 0.15) is 91.7 Å². The van der Waals surface area contributed by atoms with Gasteiger partial charge in [0.25, 0.3) is 0 Å². The highest BCUT2D eigenvalue weighted by Gasteiger charge is 2.73. The van der Waals surface area contributed by atoms with Crippen LogP contribution in [0.3, 0.4) is 0 Å². The Labute approximate surface area is 476 Å². The van der Waals surface area contributed by atoms with E-state index in [0.717, 1.165) is 11.9 Å². The molecular weight excluding hydrogens is 1080 g/mol. The number of aldehydes is 1. The van der Waals surface area contributed by atoms with Crippen molar-refractivity contribution in [1.82, 2.24) is 0 Å². The number of hydrogen-bond donors (Lipinski definition) is 13. The van der Waals surface area contributed by atoms with Crippen molar-refractivity contribution in [3.8, 4) is 0 Å². The van der Waals surface area contributed by atoms with Crippen molar-refractivity contribution in [2.75, 3.05) is 26.4 Å². The number of aliphatic carboxylic acids is 1. The number of carboxylic acids is 1. The molecule has 13 N–H and O–H groups in total. The number of carbonyl (C=O) groups excluding carboxylic acids is 2. The van der Waals surface area contributed by atoms with Gasteiger partial charge < -0.3 is 114 Å². The topological polar surface area (TPSA) is 397 Å². The molecule has 8 fully saturated rings. The molecule has 82 heavy (non-hydrogen) atoms. The molecule has 4 heterocycles. The zero-order valence-corrected chi connectivity index (χ0v) is 47.8. The van der Waals surface area contributed by atoms with Gasteiger partial charge in [-0.1, -0.05) is 59.3 Å². The first-order valence-electron chi connectivity index (χ1n) is 28.8. The lowest BCUT2D eigenvalue weighted by atomic mass is 9.33. The summed E-state index contributed by atoms with van der Waals surface area (Å²) >= 11 is 0. The van der Waals surface area contributed by atoms with E-state index in [4.69, 9.17) is 42.6 Å². The standard InChI is InChI=1S/C57H88O25/c1-9-24(2)47(73)77-34-18-52(3,4)16-26-25-10-11-31-53(5)14-13-33(54(6,22-59)30(53)12-15-55(31,7)56(25,8)17-32(63)57(26,34)23-60)78-51-45(82-49-40(69)38(67)37(66)29(19-58)76-49)42(41(70)43(80-51)46(71)72)79-50-44(36(65)28(62)21-75-50)81-48-39(68)35(64)27(61)20-74-48/h9-10,22,26-45,48-51,58,60-70H,11-21,23H2,1-8H3,(H,71,72)/b24-9-/t26?,27-,28+,29-,30?,31?,32-,33+,34+,35+,36+,37+,38+,39-,40-,41+,42+,43+,44-,45-,48+,49-,50+,51-,53+,54+,55-,56-,57+/m1/s1. The van der Waals surface area contributed by atoms with Crippen molar-refractivity contribution >= 4 is 18.2 Å². The molecule has 0 aromatic carbocycles. The molecular formula is C57H88O25. The van der Waals surface area contributed by atoms with Crippen LogP contribution >= 0.6 is 0 Å². The molecule has 25 heteroatoms. The summed E-state index contributed by atoms with van der Waals surface area (Å²) in [6.07, 6.45) is -28.9. The Morgan fingerprint density at radius 2 is 1.30 bits per heavy atom. The highest BCUT2D eigenvalue weighted by Crippen LogP contribution is 2.76. The first-order valence-corrected chi connectivity index (χ1v) is 28.8. The Morgan fingerprint density at radius 1 is 0.671 bits per heavy atom. The molecule has 0 spiro atoms. The van der Waals surface area contributed by atoms with Crippen LogP contribution < -0.4 is 0 Å². The third kappa shape index (κ3) is 10.4. The van der Waals surface area contributed by atoms with Gasteiger partial charge in [-0.2, -0.15) is 0 Å². The zero-order chi connectivity index (χ0) is 60.1. The van der Waals surface area contributed by atoms with Crippen LogP contribution in [0.2, 0.25) is 0 Å². The van der Waals surface area contributed by atoms with Crippen molar-refractivity contribution in [2.45, 2.75) is 236 Å². The van der Waals surface area contributed by atoms with E-state index in [0.29, 0.717) is 44.1 Å². The van der Waals surface area contributed by atoms with Crippen LogP contribution in [0.4, 0.5) is 0 Å². The van der Waals surface area contributed by atoms with Gasteiger partial charge in [-0.05, 0) is 105 Å². The highest BCUT2D eigenvalue weighted by molar-refractivity contribution is 5.87. The van der Waals surface area contributed by atoms with Crippen molar-refractivity contribution in [3.05, 3.63) is 23.3 Å². The van der Waals surface area contributed by atoms with E-state index in [-0.39, 0.29) is 30.1 Å². The van der Waals surface area contributed by atoms with Crippen LogP contribution in [0.1, 0.15) is 107 Å². The molecule has 0 radical (unpaired) electrons. The second kappa shape index (κ2) is 23.4. The Morgan fingerprint density at radius 3 is 1.94 bits per heavy atom. The average molecular weight is 1170 g/mol. The van der Waals surface area contributed by atoms with Crippen molar-refractivity contribution in [2.24, 2.45) is 50.2 Å². The molecule has 9 rings (SSSR count). The first kappa shape index (κ1) is 63.8. The van der Waals surface area contributed by atoms with Gasteiger partial charge in [0.15, 0.2) is 31.3 Å². The largest absolute Gasteiger partial charge is 0.479 e. The molecule has 0 aromatic heterocycles. The van der Waals surface area contributed by atoms with Crippen molar-refractivity contribution in [3.63, 3.8) is 0 Å². The minimum atomic E-state index is -2.26. The van der Waals surface area contributed by atoms with Gasteiger partial charge >= 0.3 is 11.9 Å². The fourth-order valence-corrected chi connectivity index (χ4v) is 16.7. The lowest BCUT2D eigenvalue weighted by molar-refractivity contribution is -0.398. The molecule has 0 aromatic rings. The Balaban J connectivity index is 1.04. The molecule has 25 nitrogen and oxygen atoms in total. The fourth-order valence-electron chi connectivity index (χ4n) is 16.7. The van der Waals surface area contributed by atoms with Crippen molar-refractivity contribution < 1.29 is 123 Å². The van der Waals surface area contributed by atoms with E-state index in [2.05, 4.69) is 40.7 Å². The van der Waals surface area contributed by atoms with Crippen LogP contribution in [-0.2, 0) is 57.0 Å². The minimum absolute atomic E-state index is 0.0883. The second-order valence-corrected chi connectivity index (χ2v) is 26.7. The summed E-state index contributed by atoms with van der Waals surface area (Å²) in [5, 5.41) is 143. The molecule has 29 atom stereocenters. The zero-order valence-electron chi connectivity index (χ0n) is 47.8. The van der Waals surface area contributed by atoms with Crippen LogP contribution in [0.5, 0.6) is 0 Å². The summed E-state index contributed by atoms with van der Waals surface area (Å²) < 4.78 is 54.4. The van der Waals surface area contributed by atoms with Gasteiger partial charge in [-0.15, -0.1) is 0 Å². The Hall–Kier alpha value is -2.71. The summed E-state index contributed by atoms with van der Waals surface area (Å²) in [5.41, 5.74) is -3.05. The molecule has 0 amide bonds. The maximum absolute atomic E-state index is 14.1. The summed E-state index contributed by atoms with van der Waals surface area (Å²) in [6, 6.07) is 0. The van der Waals surface area contributed by atoms with Crippen LogP contribution in [0, 0.1) is 50.2 Å². The number of carbonyl (C=O) groups is 3. The SMILES string of the molecule is C/C=C(/C)C(=O)O[C@H]1CC(C)(C)CC2C3=CCC4[C@@]5(C)CC[C@H](O[C@@H]6O[C@H](C(=O)O)[C@@H](O)[C@H](O[C@@H]7OC[C@H](O)[C@H](O)[C@H]7O[C@@H]7OC[C@@H](O)[C@H](O)[C@H]7O)[C@H]6O[C@H]6O[C@H](CO)[C@H](O)[C@H](O)[C@H]6O)[C@@](C)(C=O)C5CC[C@@]4(C)[C@]3(C)C[C@@H](O)[C@]21CO. The number of aliphatic hydroxyl groups is 12. The molecule has 3 unspecified atom stereocenters. The third-order valence-corrected chi connectivity index (χ3v) is 21.7. The van der Waals surface area contributed by atoms with Gasteiger partial charge in [-0.25, -0.2) is 9.59 Å². The van der Waals surface area contributed by atoms with E-state index in [1.807, 2.05) is 0 Å². The number of ether oxygens (including phenoxy) is 9. The summed E-state index contributed by atoms with van der Waals surface area (Å²) in [5.74, 6) is -3.08. The summed E-state index contributed by atoms with van der Waals surface area (Å²) in [4.78, 5) is 40.7. The van der Waals surface area contributed by atoms with Gasteiger partial charge in [-0.3, -0.25) is 0 Å². The Bertz CT molecular complexity index is 2390. The minimum Gasteiger partial charge on any atom is -0.479 e. The summed E-state index contributed by atoms with van der Waals surface area (Å²) in [6.45, 7) is 13.5. The lowest BCUT2D eigenvalue weighted by Gasteiger charge is -2.72. The van der Waals surface area contributed by atoms with E-state index in [9.17, 15) is 80.8 Å². The van der Waals surface area contributed by atoms with Crippen LogP contribution in [-0.4, -0.2) is 240 Å². The third-order valence-electron chi connectivity index (χ3n) is 21.7. The number of fused-ring (bicyclic) bond motifs is 7.